The molecule has 5 heteroatoms. The van der Waals surface area contributed by atoms with Crippen LogP contribution in [0.2, 0.25) is 6.04 Å². The van der Waals surface area contributed by atoms with Gasteiger partial charge in [-0.2, -0.15) is 0 Å². The zero-order valence-corrected chi connectivity index (χ0v) is 13.0. The second-order valence-corrected chi connectivity index (χ2v) is 7.22. The van der Waals surface area contributed by atoms with E-state index in [0.717, 1.165) is 25.9 Å². The summed E-state index contributed by atoms with van der Waals surface area (Å²) in [5, 5.41) is 0. The lowest BCUT2D eigenvalue weighted by molar-refractivity contribution is 0.113. The van der Waals surface area contributed by atoms with Crippen LogP contribution in [-0.4, -0.2) is 49.4 Å². The van der Waals surface area contributed by atoms with Crippen LogP contribution in [0.25, 0.3) is 0 Å². The Morgan fingerprint density at radius 3 is 2.22 bits per heavy atom. The Kier molecular flexibility index (Phi) is 9.79. The molecule has 0 aromatic heterocycles. The standard InChI is InChI=1S/C13H28O4Si/c1-14-18(15-2)10-8-6-4-3-5-7-9-16-11-13-12-17-13/h13,18H,3-12H2,1-2H3. The molecule has 0 bridgehead atoms. The third-order valence-electron chi connectivity index (χ3n) is 3.21. The van der Waals surface area contributed by atoms with E-state index in [0.29, 0.717) is 6.10 Å². The van der Waals surface area contributed by atoms with Crippen molar-refractivity contribution in [3.63, 3.8) is 0 Å². The molecule has 0 N–H and O–H groups in total. The highest BCUT2D eigenvalue weighted by Crippen LogP contribution is 2.11. The zero-order valence-electron chi connectivity index (χ0n) is 11.9. The molecule has 1 aliphatic heterocycles. The molecule has 0 saturated carbocycles. The molecule has 4 nitrogen and oxygen atoms in total. The Morgan fingerprint density at radius 2 is 1.61 bits per heavy atom. The molecular formula is C13H28O4Si. The number of hydrogen-bond acceptors (Lipinski definition) is 4. The lowest BCUT2D eigenvalue weighted by Crippen LogP contribution is -2.18. The van der Waals surface area contributed by atoms with Crippen LogP contribution in [0.15, 0.2) is 0 Å². The number of rotatable bonds is 13. The summed E-state index contributed by atoms with van der Waals surface area (Å²) in [6.07, 6.45) is 8.04. The fraction of sp³-hybridized carbons (Fsp3) is 1.00. The van der Waals surface area contributed by atoms with Crippen LogP contribution in [0.5, 0.6) is 0 Å². The van der Waals surface area contributed by atoms with Gasteiger partial charge in [0.05, 0.1) is 13.2 Å². The summed E-state index contributed by atoms with van der Waals surface area (Å²) in [5.41, 5.74) is 0. The van der Waals surface area contributed by atoms with E-state index in [1.807, 2.05) is 0 Å². The maximum atomic E-state index is 5.49. The van der Waals surface area contributed by atoms with Gasteiger partial charge in [-0.1, -0.05) is 32.1 Å². The van der Waals surface area contributed by atoms with Crippen molar-refractivity contribution in [3.8, 4) is 0 Å². The fourth-order valence-corrected chi connectivity index (χ4v) is 3.22. The third kappa shape index (κ3) is 9.05. The third-order valence-corrected chi connectivity index (χ3v) is 5.14. The van der Waals surface area contributed by atoms with Crippen molar-refractivity contribution < 1.29 is 18.3 Å². The number of hydrogen-bond donors (Lipinski definition) is 0. The number of epoxide rings is 1. The highest BCUT2D eigenvalue weighted by atomic mass is 28.3. The van der Waals surface area contributed by atoms with Gasteiger partial charge in [0.2, 0.25) is 0 Å². The van der Waals surface area contributed by atoms with Crippen LogP contribution in [0, 0.1) is 0 Å². The second-order valence-electron chi connectivity index (χ2n) is 4.84. The SMILES string of the molecule is CO[SiH](CCCCCCCCOCC1CO1)OC. The van der Waals surface area contributed by atoms with Gasteiger partial charge in [0.25, 0.3) is 0 Å². The highest BCUT2D eigenvalue weighted by Gasteiger charge is 2.21. The van der Waals surface area contributed by atoms with E-state index in [1.165, 1.54) is 38.5 Å². The first-order chi connectivity index (χ1) is 8.86. The van der Waals surface area contributed by atoms with Gasteiger partial charge >= 0.3 is 9.28 Å². The Balaban J connectivity index is 1.69. The van der Waals surface area contributed by atoms with Crippen molar-refractivity contribution >= 4 is 9.28 Å². The lowest BCUT2D eigenvalue weighted by Gasteiger charge is -2.10. The number of ether oxygens (including phenoxy) is 2. The first-order valence-electron chi connectivity index (χ1n) is 7.11. The molecule has 1 saturated heterocycles. The predicted molar refractivity (Wildman–Crippen MR) is 74.2 cm³/mol. The molecule has 0 aliphatic carbocycles. The van der Waals surface area contributed by atoms with Gasteiger partial charge in [-0.15, -0.1) is 0 Å². The first-order valence-corrected chi connectivity index (χ1v) is 8.87. The summed E-state index contributed by atoms with van der Waals surface area (Å²) in [7, 11) is 2.21. The molecule has 0 spiro atoms. The Hall–Kier alpha value is 0.0569. The van der Waals surface area contributed by atoms with Crippen molar-refractivity contribution in [2.24, 2.45) is 0 Å². The van der Waals surface area contributed by atoms with E-state index in [2.05, 4.69) is 0 Å². The summed E-state index contributed by atoms with van der Waals surface area (Å²) in [6, 6.07) is 1.14. The molecule has 0 amide bonds. The van der Waals surface area contributed by atoms with E-state index >= 15 is 0 Å². The first kappa shape index (κ1) is 16.1. The normalized spacial score (nSPS) is 18.5. The summed E-state index contributed by atoms with van der Waals surface area (Å²) in [6.45, 7) is 2.58. The van der Waals surface area contributed by atoms with Crippen LogP contribution < -0.4 is 0 Å². The van der Waals surface area contributed by atoms with Crippen molar-refractivity contribution in [1.29, 1.82) is 0 Å². The van der Waals surface area contributed by atoms with Crippen LogP contribution in [0.1, 0.15) is 38.5 Å². The zero-order chi connectivity index (χ0) is 13.1. The highest BCUT2D eigenvalue weighted by molar-refractivity contribution is 6.44. The van der Waals surface area contributed by atoms with Gasteiger partial charge in [0, 0.05) is 20.8 Å². The van der Waals surface area contributed by atoms with Gasteiger partial charge in [-0.05, 0) is 12.5 Å². The van der Waals surface area contributed by atoms with Gasteiger partial charge in [-0.3, -0.25) is 0 Å². The van der Waals surface area contributed by atoms with Crippen LogP contribution in [-0.2, 0) is 18.3 Å². The van der Waals surface area contributed by atoms with Crippen molar-refractivity contribution in [3.05, 3.63) is 0 Å². The average Bonchev–Trinajstić information content (AvgIpc) is 3.20. The second kappa shape index (κ2) is 10.9. The van der Waals surface area contributed by atoms with Crippen molar-refractivity contribution in [2.75, 3.05) is 34.0 Å². The lowest BCUT2D eigenvalue weighted by atomic mass is 10.1. The number of unbranched alkanes of at least 4 members (excludes halogenated alkanes) is 5. The Bertz CT molecular complexity index is 184. The quantitative estimate of drug-likeness (QED) is 0.294. The maximum absolute atomic E-state index is 5.49. The minimum absolute atomic E-state index is 0.406. The van der Waals surface area contributed by atoms with Crippen molar-refractivity contribution in [1.82, 2.24) is 0 Å². The van der Waals surface area contributed by atoms with Gasteiger partial charge in [0.15, 0.2) is 0 Å². The Morgan fingerprint density at radius 1 is 1.00 bits per heavy atom. The molecule has 0 aromatic carbocycles. The van der Waals surface area contributed by atoms with Crippen LogP contribution in [0.3, 0.4) is 0 Å². The molecule has 0 radical (unpaired) electrons. The topological polar surface area (TPSA) is 40.2 Å². The largest absolute Gasteiger partial charge is 0.400 e. The average molecular weight is 276 g/mol. The summed E-state index contributed by atoms with van der Waals surface area (Å²) in [4.78, 5) is 0. The van der Waals surface area contributed by atoms with E-state index < -0.39 is 9.28 Å². The molecule has 1 aliphatic rings. The molecule has 108 valence electrons. The van der Waals surface area contributed by atoms with E-state index in [-0.39, 0.29) is 0 Å². The van der Waals surface area contributed by atoms with Gasteiger partial charge < -0.3 is 18.3 Å². The van der Waals surface area contributed by atoms with E-state index in [4.69, 9.17) is 18.3 Å². The summed E-state index contributed by atoms with van der Waals surface area (Å²) >= 11 is 0. The smallest absolute Gasteiger partial charge is 0.320 e. The summed E-state index contributed by atoms with van der Waals surface area (Å²) in [5.74, 6) is 0. The molecule has 1 rings (SSSR count). The van der Waals surface area contributed by atoms with Crippen LogP contribution >= 0.6 is 0 Å². The minimum Gasteiger partial charge on any atom is -0.400 e. The summed E-state index contributed by atoms with van der Waals surface area (Å²) < 4.78 is 21.1. The molecule has 18 heavy (non-hydrogen) atoms. The molecule has 1 unspecified atom stereocenters. The molecule has 1 atom stereocenters. The fourth-order valence-electron chi connectivity index (χ4n) is 1.93. The molecule has 1 fully saturated rings. The minimum atomic E-state index is -1.30. The molecular weight excluding hydrogens is 248 g/mol. The van der Waals surface area contributed by atoms with E-state index in [9.17, 15) is 0 Å². The van der Waals surface area contributed by atoms with Gasteiger partial charge in [0.1, 0.15) is 6.10 Å². The van der Waals surface area contributed by atoms with E-state index in [1.54, 1.807) is 14.2 Å². The van der Waals surface area contributed by atoms with Crippen LogP contribution in [0.4, 0.5) is 0 Å². The van der Waals surface area contributed by atoms with Crippen molar-refractivity contribution in [2.45, 2.75) is 50.7 Å². The Labute approximate surface area is 113 Å². The maximum Gasteiger partial charge on any atom is 0.320 e. The predicted octanol–water partition coefficient (Wildman–Crippen LogP) is 2.26. The molecule has 0 aromatic rings. The monoisotopic (exact) mass is 276 g/mol. The van der Waals surface area contributed by atoms with Gasteiger partial charge in [-0.25, -0.2) is 0 Å². The molecule has 1 heterocycles.